The molecule has 7 aromatic carbocycles. The zero-order valence-electron chi connectivity index (χ0n) is 36.5. The minimum atomic E-state index is -0.585. The number of allylic oxidation sites excluding steroid dienone is 1. The molecule has 7 aromatic rings. The van der Waals surface area contributed by atoms with E-state index < -0.39 is 5.41 Å². The van der Waals surface area contributed by atoms with E-state index in [1.165, 1.54) is 55.6 Å². The molecule has 2 nitrogen and oxygen atoms in total. The van der Waals surface area contributed by atoms with E-state index in [0.29, 0.717) is 6.54 Å². The maximum Gasteiger partial charge on any atom is 0.0727 e. The van der Waals surface area contributed by atoms with Crippen LogP contribution in [0.25, 0.3) is 22.3 Å². The van der Waals surface area contributed by atoms with Crippen LogP contribution in [-0.4, -0.2) is 6.54 Å². The molecule has 1 spiro atoms. The molecule has 0 heterocycles. The predicted octanol–water partition coefficient (Wildman–Crippen LogP) is 16.0. The number of fused-ring (bicyclic) bond motifs is 10. The minimum absolute atomic E-state index is 0.0401. The Balaban J connectivity index is 0.00000246. The van der Waals surface area contributed by atoms with Gasteiger partial charge in [-0.2, -0.15) is 0 Å². The van der Waals surface area contributed by atoms with Crippen LogP contribution >= 0.6 is 0 Å². The number of para-hydroxylation sites is 3. The highest BCUT2D eigenvalue weighted by Gasteiger charge is 2.53. The maximum atomic E-state index is 4.19. The van der Waals surface area contributed by atoms with E-state index in [4.69, 9.17) is 0 Å². The molecular formula is C58H58N2. The van der Waals surface area contributed by atoms with Crippen LogP contribution in [0.4, 0.5) is 28.4 Å². The largest absolute Gasteiger partial charge is 0.338 e. The third-order valence-electron chi connectivity index (χ3n) is 12.5. The summed E-state index contributed by atoms with van der Waals surface area (Å²) in [5.74, 6) is 0. The Bertz CT molecular complexity index is 2630. The van der Waals surface area contributed by atoms with Gasteiger partial charge in [-0.3, -0.25) is 0 Å². The zero-order chi connectivity index (χ0) is 42.2. The lowest BCUT2D eigenvalue weighted by Crippen LogP contribution is -2.28. The monoisotopic (exact) mass is 782 g/mol. The van der Waals surface area contributed by atoms with Crippen LogP contribution in [0.5, 0.6) is 0 Å². The maximum absolute atomic E-state index is 4.19. The lowest BCUT2D eigenvalue weighted by Gasteiger charge is -2.35. The summed E-state index contributed by atoms with van der Waals surface area (Å²) < 4.78 is 0. The predicted molar refractivity (Wildman–Crippen MR) is 259 cm³/mol. The molecule has 0 radical (unpaired) electrons. The van der Waals surface area contributed by atoms with Crippen LogP contribution in [0, 0.1) is 0 Å². The Morgan fingerprint density at radius 3 is 1.35 bits per heavy atom. The van der Waals surface area contributed by atoms with Crippen molar-refractivity contribution in [3.63, 3.8) is 0 Å². The Hall–Kier alpha value is -6.38. The highest BCUT2D eigenvalue weighted by molar-refractivity contribution is 5.97. The molecule has 0 aromatic heterocycles. The number of nitrogens with zero attached hydrogens (tertiary/aromatic N) is 2. The number of hydrogen-bond donors (Lipinski definition) is 0. The lowest BCUT2D eigenvalue weighted by molar-refractivity contribution is 0.533. The summed E-state index contributed by atoms with van der Waals surface area (Å²) >= 11 is 0. The van der Waals surface area contributed by atoms with Gasteiger partial charge in [0, 0.05) is 35.0 Å². The normalized spacial score (nSPS) is 14.6. The van der Waals surface area contributed by atoms with Gasteiger partial charge in [-0.1, -0.05) is 164 Å². The Morgan fingerprint density at radius 2 is 0.867 bits per heavy atom. The summed E-state index contributed by atoms with van der Waals surface area (Å²) in [7, 11) is 0. The first-order valence-electron chi connectivity index (χ1n) is 21.6. The third-order valence-corrected chi connectivity index (χ3v) is 12.5. The second-order valence-corrected chi connectivity index (χ2v) is 17.6. The van der Waals surface area contributed by atoms with Crippen LogP contribution in [0.1, 0.15) is 88.3 Å². The number of anilines is 5. The van der Waals surface area contributed by atoms with E-state index in [1.54, 1.807) is 0 Å². The first-order valence-corrected chi connectivity index (χ1v) is 21.6. The SMILES string of the molecule is C=CCN(c1ccccc1)c1ccc2c(c1)C1(c3cc(N(c4ccccc4)c4ccccc4)ccc3-2)c2cc(C(C)(C)C)ccc2-c2ccc(C(C)(C)CC=C)cc21.CC. The van der Waals surface area contributed by atoms with Crippen LogP contribution < -0.4 is 9.80 Å². The fourth-order valence-corrected chi connectivity index (χ4v) is 9.58. The molecular weight excluding hydrogens is 725 g/mol. The molecule has 0 saturated heterocycles. The number of rotatable bonds is 10. The van der Waals surface area contributed by atoms with Gasteiger partial charge in [-0.25, -0.2) is 0 Å². The van der Waals surface area contributed by atoms with Gasteiger partial charge in [0.1, 0.15) is 0 Å². The topological polar surface area (TPSA) is 6.48 Å². The molecule has 1 atom stereocenters. The van der Waals surface area contributed by atoms with Gasteiger partial charge >= 0.3 is 0 Å². The summed E-state index contributed by atoms with van der Waals surface area (Å²) in [6.45, 7) is 24.7. The van der Waals surface area contributed by atoms with Gasteiger partial charge in [0.05, 0.1) is 5.41 Å². The fourth-order valence-electron chi connectivity index (χ4n) is 9.58. The van der Waals surface area contributed by atoms with Gasteiger partial charge in [-0.05, 0) is 134 Å². The van der Waals surface area contributed by atoms with E-state index in [1.807, 2.05) is 19.9 Å². The molecule has 300 valence electrons. The number of benzene rings is 7. The zero-order valence-corrected chi connectivity index (χ0v) is 36.5. The van der Waals surface area contributed by atoms with Crippen LogP contribution in [0.15, 0.2) is 189 Å². The summed E-state index contributed by atoms with van der Waals surface area (Å²) in [5, 5.41) is 0. The van der Waals surface area contributed by atoms with E-state index in [0.717, 1.165) is 34.9 Å². The second-order valence-electron chi connectivity index (χ2n) is 17.6. The molecule has 0 saturated carbocycles. The van der Waals surface area contributed by atoms with Crippen molar-refractivity contribution < 1.29 is 0 Å². The summed E-state index contributed by atoms with van der Waals surface area (Å²) in [4.78, 5) is 4.78. The minimum Gasteiger partial charge on any atom is -0.338 e. The average Bonchev–Trinajstić information content (AvgIpc) is 3.73. The van der Waals surface area contributed by atoms with Crippen molar-refractivity contribution in [1.29, 1.82) is 0 Å². The second kappa shape index (κ2) is 16.0. The van der Waals surface area contributed by atoms with Crippen LogP contribution in [0.3, 0.4) is 0 Å². The molecule has 60 heavy (non-hydrogen) atoms. The molecule has 2 aliphatic carbocycles. The molecule has 0 fully saturated rings. The van der Waals surface area contributed by atoms with Crippen molar-refractivity contribution in [1.82, 2.24) is 0 Å². The fraction of sp³-hybridized carbons (Fsp3) is 0.207. The quantitative estimate of drug-likeness (QED) is 0.128. The smallest absolute Gasteiger partial charge is 0.0727 e. The molecule has 0 bridgehead atoms. The molecule has 2 aliphatic rings. The Morgan fingerprint density at radius 1 is 0.450 bits per heavy atom. The van der Waals surface area contributed by atoms with Gasteiger partial charge in [0.15, 0.2) is 0 Å². The van der Waals surface area contributed by atoms with Crippen molar-refractivity contribution in [2.45, 2.75) is 71.1 Å². The molecule has 0 amide bonds. The van der Waals surface area contributed by atoms with E-state index in [9.17, 15) is 0 Å². The van der Waals surface area contributed by atoms with Crippen molar-refractivity contribution in [2.24, 2.45) is 0 Å². The molecule has 0 aliphatic heterocycles. The Kier molecular flexibility index (Phi) is 10.8. The molecule has 2 heteroatoms. The van der Waals surface area contributed by atoms with Gasteiger partial charge < -0.3 is 9.80 Å². The summed E-state index contributed by atoms with van der Waals surface area (Å²) in [6.07, 6.45) is 4.95. The van der Waals surface area contributed by atoms with Gasteiger partial charge in [0.25, 0.3) is 0 Å². The van der Waals surface area contributed by atoms with Crippen molar-refractivity contribution in [3.05, 3.63) is 222 Å². The standard InChI is InChI=1S/C56H52N2.C2H6/c1-8-33-55(6,7)40-26-30-47-46-29-25-39(54(3,4)5)35-50(46)56(51(47)36-40)52-37-44(57(34-9-2)41-19-13-10-14-20-41)27-31-48(52)49-32-28-45(38-53(49)56)58(42-21-15-11-16-22-42)43-23-17-12-18-24-43;1-2/h8-32,35-38H,1-2,33-34H2,3-7H3;1-2H3. The third kappa shape index (κ3) is 6.69. The van der Waals surface area contributed by atoms with Crippen molar-refractivity contribution >= 4 is 28.4 Å². The van der Waals surface area contributed by atoms with E-state index >= 15 is 0 Å². The Labute approximate surface area is 359 Å². The number of hydrogen-bond acceptors (Lipinski definition) is 2. The van der Waals surface area contributed by atoms with Gasteiger partial charge in [0.2, 0.25) is 0 Å². The van der Waals surface area contributed by atoms with Crippen molar-refractivity contribution in [3.8, 4) is 22.3 Å². The van der Waals surface area contributed by atoms with E-state index in [-0.39, 0.29) is 10.8 Å². The highest BCUT2D eigenvalue weighted by Crippen LogP contribution is 2.64. The van der Waals surface area contributed by atoms with Crippen molar-refractivity contribution in [2.75, 3.05) is 16.3 Å². The van der Waals surface area contributed by atoms with Crippen LogP contribution in [0.2, 0.25) is 0 Å². The van der Waals surface area contributed by atoms with Crippen LogP contribution in [-0.2, 0) is 16.2 Å². The summed E-state index contributed by atoms with van der Waals surface area (Å²) in [5.41, 5.74) is 18.1. The first-order chi connectivity index (χ1) is 29.1. The highest BCUT2D eigenvalue weighted by atomic mass is 15.1. The van der Waals surface area contributed by atoms with E-state index in [2.05, 4.69) is 227 Å². The average molecular weight is 783 g/mol. The molecule has 0 N–H and O–H groups in total. The molecule has 1 unspecified atom stereocenters. The molecule has 9 rings (SSSR count). The van der Waals surface area contributed by atoms with Gasteiger partial charge in [-0.15, -0.1) is 13.2 Å². The summed E-state index contributed by atoms with van der Waals surface area (Å²) in [6, 6.07) is 61.2. The first kappa shape index (κ1) is 40.4. The lowest BCUT2D eigenvalue weighted by atomic mass is 9.68.